The van der Waals surface area contributed by atoms with Crippen molar-refractivity contribution < 1.29 is 19.1 Å². The van der Waals surface area contributed by atoms with Crippen molar-refractivity contribution in [2.45, 2.75) is 6.92 Å². The summed E-state index contributed by atoms with van der Waals surface area (Å²) in [6.45, 7) is 1.39. The Balaban J connectivity index is 1.97. The molecule has 0 radical (unpaired) electrons. The maximum Gasteiger partial charge on any atom is 0.338 e. The molecule has 0 saturated heterocycles. The van der Waals surface area contributed by atoms with E-state index in [9.17, 15) is 9.59 Å². The van der Waals surface area contributed by atoms with E-state index in [0.29, 0.717) is 21.4 Å². The summed E-state index contributed by atoms with van der Waals surface area (Å²) in [5.74, 6) is -0.608. The van der Waals surface area contributed by atoms with Gasteiger partial charge in [-0.05, 0) is 36.8 Å². The Kier molecular flexibility index (Phi) is 6.06. The lowest BCUT2D eigenvalue weighted by molar-refractivity contribution is -0.119. The van der Waals surface area contributed by atoms with E-state index in [-0.39, 0.29) is 5.69 Å². The third-order valence-electron chi connectivity index (χ3n) is 3.21. The average molecular weight is 368 g/mol. The number of carbonyl (C=O) groups excluding carboxylic acids is 2. The smallest absolute Gasteiger partial charge is 0.338 e. The van der Waals surface area contributed by atoms with Crippen molar-refractivity contribution in [2.75, 3.05) is 19.0 Å². The maximum absolute atomic E-state index is 12.0. The van der Waals surface area contributed by atoms with Gasteiger partial charge in [-0.1, -0.05) is 35.3 Å². The molecular weight excluding hydrogens is 353 g/mol. The van der Waals surface area contributed by atoms with Crippen LogP contribution in [0.2, 0.25) is 10.0 Å². The van der Waals surface area contributed by atoms with Gasteiger partial charge in [0.25, 0.3) is 5.91 Å². The topological polar surface area (TPSA) is 64.6 Å². The number of amides is 1. The fraction of sp³-hybridized carbons (Fsp3) is 0.176. The van der Waals surface area contributed by atoms with Crippen LogP contribution < -0.4 is 10.1 Å². The third kappa shape index (κ3) is 4.40. The Morgan fingerprint density at radius 2 is 1.79 bits per heavy atom. The quantitative estimate of drug-likeness (QED) is 0.807. The zero-order chi connectivity index (χ0) is 17.7. The van der Waals surface area contributed by atoms with E-state index in [1.54, 1.807) is 36.4 Å². The van der Waals surface area contributed by atoms with Gasteiger partial charge in [0.05, 0.1) is 28.4 Å². The van der Waals surface area contributed by atoms with Crippen LogP contribution in [-0.2, 0) is 9.53 Å². The molecule has 126 valence electrons. The number of halogens is 2. The normalized spacial score (nSPS) is 10.2. The van der Waals surface area contributed by atoms with Crippen LogP contribution in [0.1, 0.15) is 15.9 Å². The molecule has 5 nitrogen and oxygen atoms in total. The fourth-order valence-corrected chi connectivity index (χ4v) is 2.45. The predicted octanol–water partition coefficient (Wildman–Crippen LogP) is 4.11. The zero-order valence-electron chi connectivity index (χ0n) is 13.1. The van der Waals surface area contributed by atoms with E-state index in [0.717, 1.165) is 5.56 Å². The summed E-state index contributed by atoms with van der Waals surface area (Å²) in [5.41, 5.74) is 1.46. The maximum atomic E-state index is 12.0. The highest BCUT2D eigenvalue weighted by Crippen LogP contribution is 2.29. The van der Waals surface area contributed by atoms with Crippen LogP contribution in [0.25, 0.3) is 0 Å². The molecule has 0 aliphatic rings. The van der Waals surface area contributed by atoms with Crippen LogP contribution in [0.4, 0.5) is 5.69 Å². The number of methoxy groups -OCH3 is 1. The number of anilines is 1. The predicted molar refractivity (Wildman–Crippen MR) is 93.1 cm³/mol. The van der Waals surface area contributed by atoms with Gasteiger partial charge in [-0.15, -0.1) is 0 Å². The Bertz CT molecular complexity index is 757. The van der Waals surface area contributed by atoms with Gasteiger partial charge in [-0.3, -0.25) is 4.79 Å². The monoisotopic (exact) mass is 367 g/mol. The Morgan fingerprint density at radius 1 is 1.12 bits per heavy atom. The standard InChI is InChI=1S/C17H15Cl2NO4/c1-10-6-7-11(8-14(10)23-2)17(22)24-9-15(21)20-16-12(18)4-3-5-13(16)19/h3-8H,9H2,1-2H3,(H,20,21). The first kappa shape index (κ1) is 18.1. The molecule has 7 heteroatoms. The van der Waals surface area contributed by atoms with Crippen LogP contribution in [0.3, 0.4) is 0 Å². The fourth-order valence-electron chi connectivity index (χ4n) is 1.95. The van der Waals surface area contributed by atoms with E-state index in [1.165, 1.54) is 7.11 Å². The lowest BCUT2D eigenvalue weighted by atomic mass is 10.1. The molecule has 0 aliphatic carbocycles. The Labute approximate surface area is 149 Å². The van der Waals surface area contributed by atoms with E-state index < -0.39 is 18.5 Å². The number of carbonyl (C=O) groups is 2. The second-order valence-electron chi connectivity index (χ2n) is 4.91. The van der Waals surface area contributed by atoms with Gasteiger partial charge < -0.3 is 14.8 Å². The van der Waals surface area contributed by atoms with Gasteiger partial charge in [0.2, 0.25) is 0 Å². The van der Waals surface area contributed by atoms with Gasteiger partial charge in [-0.2, -0.15) is 0 Å². The van der Waals surface area contributed by atoms with E-state index >= 15 is 0 Å². The number of para-hydroxylation sites is 1. The highest BCUT2D eigenvalue weighted by atomic mass is 35.5. The van der Waals surface area contributed by atoms with Crippen molar-refractivity contribution >= 4 is 40.8 Å². The van der Waals surface area contributed by atoms with Crippen molar-refractivity contribution in [1.29, 1.82) is 0 Å². The third-order valence-corrected chi connectivity index (χ3v) is 3.84. The zero-order valence-corrected chi connectivity index (χ0v) is 14.6. The van der Waals surface area contributed by atoms with Crippen LogP contribution in [-0.4, -0.2) is 25.6 Å². The molecule has 0 aliphatic heterocycles. The summed E-state index contributed by atoms with van der Waals surface area (Å²) < 4.78 is 10.1. The molecule has 2 rings (SSSR count). The number of rotatable bonds is 5. The van der Waals surface area contributed by atoms with Crippen molar-refractivity contribution in [3.63, 3.8) is 0 Å². The highest BCUT2D eigenvalue weighted by molar-refractivity contribution is 6.39. The Morgan fingerprint density at radius 3 is 2.42 bits per heavy atom. The van der Waals surface area contributed by atoms with Gasteiger partial charge >= 0.3 is 5.97 Å². The van der Waals surface area contributed by atoms with Crippen LogP contribution in [0.15, 0.2) is 36.4 Å². The number of hydrogen-bond donors (Lipinski definition) is 1. The second kappa shape index (κ2) is 8.04. The Hall–Kier alpha value is -2.24. The minimum atomic E-state index is -0.631. The summed E-state index contributed by atoms with van der Waals surface area (Å²) in [7, 11) is 1.51. The summed E-state index contributed by atoms with van der Waals surface area (Å²) in [6, 6.07) is 9.73. The molecule has 0 aromatic heterocycles. The number of ether oxygens (including phenoxy) is 2. The molecule has 0 unspecified atom stereocenters. The van der Waals surface area contributed by atoms with Crippen LogP contribution in [0.5, 0.6) is 5.75 Å². The molecule has 0 spiro atoms. The molecule has 0 saturated carbocycles. The molecule has 1 amide bonds. The summed E-state index contributed by atoms with van der Waals surface area (Å²) in [4.78, 5) is 23.9. The van der Waals surface area contributed by atoms with Gasteiger partial charge in [-0.25, -0.2) is 4.79 Å². The lowest BCUT2D eigenvalue weighted by Crippen LogP contribution is -2.21. The second-order valence-corrected chi connectivity index (χ2v) is 5.72. The van der Waals surface area contributed by atoms with Gasteiger partial charge in [0.1, 0.15) is 5.75 Å². The van der Waals surface area contributed by atoms with Crippen molar-refractivity contribution in [3.05, 3.63) is 57.6 Å². The molecule has 1 N–H and O–H groups in total. The number of benzene rings is 2. The molecular formula is C17H15Cl2NO4. The SMILES string of the molecule is COc1cc(C(=O)OCC(=O)Nc2c(Cl)cccc2Cl)ccc1C. The first-order valence-electron chi connectivity index (χ1n) is 6.98. The number of nitrogens with one attached hydrogen (secondary N) is 1. The summed E-state index contributed by atoms with van der Waals surface area (Å²) >= 11 is 11.9. The summed E-state index contributed by atoms with van der Waals surface area (Å²) in [6.07, 6.45) is 0. The average Bonchev–Trinajstić information content (AvgIpc) is 2.56. The first-order chi connectivity index (χ1) is 11.4. The van der Waals surface area contributed by atoms with E-state index in [2.05, 4.69) is 5.32 Å². The number of aryl methyl sites for hydroxylation is 1. The van der Waals surface area contributed by atoms with Crippen molar-refractivity contribution in [1.82, 2.24) is 0 Å². The van der Waals surface area contributed by atoms with Gasteiger partial charge in [0.15, 0.2) is 6.61 Å². The van der Waals surface area contributed by atoms with Crippen molar-refractivity contribution in [2.24, 2.45) is 0 Å². The van der Waals surface area contributed by atoms with E-state index in [1.807, 2.05) is 6.92 Å². The molecule has 0 bridgehead atoms. The lowest BCUT2D eigenvalue weighted by Gasteiger charge is -2.10. The molecule has 0 heterocycles. The first-order valence-corrected chi connectivity index (χ1v) is 7.73. The number of hydrogen-bond acceptors (Lipinski definition) is 4. The largest absolute Gasteiger partial charge is 0.496 e. The minimum absolute atomic E-state index is 0.277. The molecule has 24 heavy (non-hydrogen) atoms. The molecule has 0 fully saturated rings. The highest BCUT2D eigenvalue weighted by Gasteiger charge is 2.14. The van der Waals surface area contributed by atoms with E-state index in [4.69, 9.17) is 32.7 Å². The molecule has 2 aromatic rings. The summed E-state index contributed by atoms with van der Waals surface area (Å²) in [5, 5.41) is 3.11. The van der Waals surface area contributed by atoms with Crippen LogP contribution >= 0.6 is 23.2 Å². The molecule has 2 aromatic carbocycles. The van der Waals surface area contributed by atoms with Crippen molar-refractivity contribution in [3.8, 4) is 5.75 Å². The minimum Gasteiger partial charge on any atom is -0.496 e. The van der Waals surface area contributed by atoms with Gasteiger partial charge in [0, 0.05) is 0 Å². The molecule has 0 atom stereocenters. The number of esters is 1. The van der Waals surface area contributed by atoms with Crippen LogP contribution in [0, 0.1) is 6.92 Å².